The van der Waals surface area contributed by atoms with E-state index in [9.17, 15) is 19.7 Å². The number of aryl methyl sites for hydroxylation is 2. The smallest absolute Gasteiger partial charge is 0.286 e. The standard InChI is InChI=1S/C16H17N3O4/c1-10-4-6-13(7-5-10)17-15(20)12(3)18-9-14(19(22)23)8-11(2)16(18)21/h4-9,12H,1-3H3,(H,17,20). The Labute approximate surface area is 132 Å². The van der Waals surface area contributed by atoms with Gasteiger partial charge >= 0.3 is 0 Å². The maximum Gasteiger partial charge on any atom is 0.286 e. The first-order valence-corrected chi connectivity index (χ1v) is 7.04. The summed E-state index contributed by atoms with van der Waals surface area (Å²) < 4.78 is 1.08. The quantitative estimate of drug-likeness (QED) is 0.693. The van der Waals surface area contributed by atoms with Gasteiger partial charge in [-0.25, -0.2) is 0 Å². The van der Waals surface area contributed by atoms with Crippen LogP contribution in [0.15, 0.2) is 41.3 Å². The van der Waals surface area contributed by atoms with Crippen molar-refractivity contribution >= 4 is 17.3 Å². The van der Waals surface area contributed by atoms with Gasteiger partial charge in [-0.1, -0.05) is 17.7 Å². The van der Waals surface area contributed by atoms with E-state index < -0.39 is 22.4 Å². The molecule has 0 aliphatic heterocycles. The lowest BCUT2D eigenvalue weighted by molar-refractivity contribution is -0.385. The minimum absolute atomic E-state index is 0.217. The molecule has 120 valence electrons. The molecular formula is C16H17N3O4. The third kappa shape index (κ3) is 3.63. The third-order valence-electron chi connectivity index (χ3n) is 3.53. The van der Waals surface area contributed by atoms with Crippen molar-refractivity contribution in [2.45, 2.75) is 26.8 Å². The zero-order valence-electron chi connectivity index (χ0n) is 13.1. The summed E-state index contributed by atoms with van der Waals surface area (Å²) in [5.74, 6) is -0.421. The molecule has 0 saturated heterocycles. The molecule has 7 nitrogen and oxygen atoms in total. The number of hydrogen-bond acceptors (Lipinski definition) is 4. The molecule has 1 atom stereocenters. The van der Waals surface area contributed by atoms with Crippen LogP contribution in [0.25, 0.3) is 0 Å². The number of carbonyl (C=O) groups excluding carboxylic acids is 1. The fourth-order valence-corrected chi connectivity index (χ4v) is 2.12. The average molecular weight is 315 g/mol. The first-order valence-electron chi connectivity index (χ1n) is 7.04. The lowest BCUT2D eigenvalue weighted by Gasteiger charge is -2.15. The van der Waals surface area contributed by atoms with Gasteiger partial charge in [-0.05, 0) is 32.9 Å². The molecular weight excluding hydrogens is 298 g/mol. The Hall–Kier alpha value is -2.96. The highest BCUT2D eigenvalue weighted by molar-refractivity contribution is 5.93. The first-order chi connectivity index (χ1) is 10.8. The van der Waals surface area contributed by atoms with E-state index in [1.165, 1.54) is 19.9 Å². The third-order valence-corrected chi connectivity index (χ3v) is 3.53. The highest BCUT2D eigenvalue weighted by Crippen LogP contribution is 2.15. The number of aromatic nitrogens is 1. The fraction of sp³-hybridized carbons (Fsp3) is 0.250. The lowest BCUT2D eigenvalue weighted by atomic mass is 10.2. The monoisotopic (exact) mass is 315 g/mol. The van der Waals surface area contributed by atoms with Gasteiger partial charge in [0.05, 0.1) is 11.1 Å². The molecule has 2 aromatic rings. The Morgan fingerprint density at radius 2 is 1.87 bits per heavy atom. The van der Waals surface area contributed by atoms with E-state index in [4.69, 9.17) is 0 Å². The molecule has 0 aliphatic carbocycles. The van der Waals surface area contributed by atoms with Crippen molar-refractivity contribution < 1.29 is 9.72 Å². The number of amides is 1. The molecule has 1 unspecified atom stereocenters. The molecule has 2 rings (SSSR count). The summed E-state index contributed by atoms with van der Waals surface area (Å²) in [6.07, 6.45) is 1.09. The Balaban J connectivity index is 2.30. The van der Waals surface area contributed by atoms with Gasteiger partial charge in [0, 0.05) is 17.3 Å². The van der Waals surface area contributed by atoms with Crippen LogP contribution in [-0.2, 0) is 4.79 Å². The summed E-state index contributed by atoms with van der Waals surface area (Å²) in [6, 6.07) is 7.53. The highest BCUT2D eigenvalue weighted by Gasteiger charge is 2.20. The van der Waals surface area contributed by atoms with Crippen molar-refractivity contribution in [2.24, 2.45) is 0 Å². The average Bonchev–Trinajstić information content (AvgIpc) is 2.51. The Kier molecular flexibility index (Phi) is 4.59. The topological polar surface area (TPSA) is 94.2 Å². The minimum atomic E-state index is -0.873. The minimum Gasteiger partial charge on any atom is -0.324 e. The molecule has 0 bridgehead atoms. The molecule has 23 heavy (non-hydrogen) atoms. The predicted molar refractivity (Wildman–Crippen MR) is 86.6 cm³/mol. The number of nitro groups is 1. The van der Waals surface area contributed by atoms with Crippen LogP contribution in [0.4, 0.5) is 11.4 Å². The number of pyridine rings is 1. The number of nitrogens with one attached hydrogen (secondary N) is 1. The molecule has 1 N–H and O–H groups in total. The molecule has 0 saturated carbocycles. The summed E-state index contributed by atoms with van der Waals surface area (Å²) in [4.78, 5) is 34.8. The molecule has 0 radical (unpaired) electrons. The predicted octanol–water partition coefficient (Wildman–Crippen LogP) is 2.57. The lowest BCUT2D eigenvalue weighted by Crippen LogP contribution is -2.32. The van der Waals surface area contributed by atoms with E-state index in [2.05, 4.69) is 5.32 Å². The molecule has 1 amide bonds. The van der Waals surface area contributed by atoms with Crippen LogP contribution < -0.4 is 10.9 Å². The van der Waals surface area contributed by atoms with Crippen LogP contribution >= 0.6 is 0 Å². The van der Waals surface area contributed by atoms with E-state index in [0.717, 1.165) is 16.3 Å². The van der Waals surface area contributed by atoms with Crippen LogP contribution in [0, 0.1) is 24.0 Å². The summed E-state index contributed by atoms with van der Waals surface area (Å²) in [6.45, 7) is 4.93. The molecule has 7 heteroatoms. The van der Waals surface area contributed by atoms with Crippen molar-refractivity contribution in [3.05, 3.63) is 68.1 Å². The maximum absolute atomic E-state index is 12.3. The summed E-state index contributed by atoms with van der Waals surface area (Å²) in [5, 5.41) is 13.6. The van der Waals surface area contributed by atoms with Crippen LogP contribution in [0.2, 0.25) is 0 Å². The van der Waals surface area contributed by atoms with Gasteiger partial charge in [-0.3, -0.25) is 24.3 Å². The van der Waals surface area contributed by atoms with Crippen LogP contribution in [0.3, 0.4) is 0 Å². The van der Waals surface area contributed by atoms with E-state index in [1.807, 2.05) is 19.1 Å². The Bertz CT molecular complexity index is 809. The Morgan fingerprint density at radius 1 is 1.26 bits per heavy atom. The number of nitrogens with zero attached hydrogens (tertiary/aromatic N) is 2. The van der Waals surface area contributed by atoms with Crippen molar-refractivity contribution in [3.8, 4) is 0 Å². The number of anilines is 1. The summed E-state index contributed by atoms with van der Waals surface area (Å²) >= 11 is 0. The molecule has 1 aromatic carbocycles. The van der Waals surface area contributed by atoms with Gasteiger partial charge in [0.25, 0.3) is 11.2 Å². The molecule has 0 fully saturated rings. The molecule has 1 aromatic heterocycles. The zero-order valence-corrected chi connectivity index (χ0v) is 13.1. The van der Waals surface area contributed by atoms with Crippen LogP contribution in [0.5, 0.6) is 0 Å². The highest BCUT2D eigenvalue weighted by atomic mass is 16.6. The molecule has 1 heterocycles. The second kappa shape index (κ2) is 6.43. The molecule has 0 aliphatic rings. The number of carbonyl (C=O) groups is 1. The van der Waals surface area contributed by atoms with Crippen LogP contribution in [0.1, 0.15) is 24.1 Å². The summed E-state index contributed by atoms with van der Waals surface area (Å²) in [5.41, 5.74) is 1.22. The fourth-order valence-electron chi connectivity index (χ4n) is 2.12. The number of rotatable bonds is 4. The van der Waals surface area contributed by atoms with Crippen molar-refractivity contribution in [2.75, 3.05) is 5.32 Å². The van der Waals surface area contributed by atoms with Gasteiger partial charge in [0.15, 0.2) is 0 Å². The van der Waals surface area contributed by atoms with Gasteiger partial charge in [-0.2, -0.15) is 0 Å². The van der Waals surface area contributed by atoms with Crippen LogP contribution in [-0.4, -0.2) is 15.4 Å². The van der Waals surface area contributed by atoms with Crippen molar-refractivity contribution in [1.82, 2.24) is 4.57 Å². The normalized spacial score (nSPS) is 11.8. The van der Waals surface area contributed by atoms with Gasteiger partial charge in [-0.15, -0.1) is 0 Å². The van der Waals surface area contributed by atoms with Crippen molar-refractivity contribution in [3.63, 3.8) is 0 Å². The largest absolute Gasteiger partial charge is 0.324 e. The van der Waals surface area contributed by atoms with Gasteiger partial charge in [0.2, 0.25) is 5.91 Å². The number of benzene rings is 1. The van der Waals surface area contributed by atoms with E-state index in [1.54, 1.807) is 12.1 Å². The molecule has 0 spiro atoms. The Morgan fingerprint density at radius 3 is 2.43 bits per heavy atom. The summed E-state index contributed by atoms with van der Waals surface area (Å²) in [7, 11) is 0. The second-order valence-electron chi connectivity index (χ2n) is 5.38. The van der Waals surface area contributed by atoms with E-state index in [-0.39, 0.29) is 11.3 Å². The number of hydrogen-bond donors (Lipinski definition) is 1. The van der Waals surface area contributed by atoms with Gasteiger partial charge in [0.1, 0.15) is 6.04 Å². The zero-order chi connectivity index (χ0) is 17.1. The van der Waals surface area contributed by atoms with Gasteiger partial charge < -0.3 is 5.32 Å². The second-order valence-corrected chi connectivity index (χ2v) is 5.38. The van der Waals surface area contributed by atoms with E-state index >= 15 is 0 Å². The van der Waals surface area contributed by atoms with Crippen molar-refractivity contribution in [1.29, 1.82) is 0 Å². The first kappa shape index (κ1) is 16.4. The van der Waals surface area contributed by atoms with E-state index in [0.29, 0.717) is 5.69 Å². The maximum atomic E-state index is 12.3. The SMILES string of the molecule is Cc1ccc(NC(=O)C(C)n2cc([N+](=O)[O-])cc(C)c2=O)cc1.